The third-order valence-electron chi connectivity index (χ3n) is 6.12. The molecule has 0 aromatic heterocycles. The van der Waals surface area contributed by atoms with Crippen molar-refractivity contribution < 1.29 is 9.72 Å². The number of para-hydroxylation sites is 1. The summed E-state index contributed by atoms with van der Waals surface area (Å²) in [6, 6.07) is 12.7. The lowest BCUT2D eigenvalue weighted by Gasteiger charge is -2.49. The van der Waals surface area contributed by atoms with Crippen molar-refractivity contribution in [2.75, 3.05) is 36.0 Å². The smallest absolute Gasteiger partial charge is 0.269 e. The van der Waals surface area contributed by atoms with Crippen molar-refractivity contribution in [1.29, 1.82) is 0 Å². The highest BCUT2D eigenvalue weighted by Gasteiger charge is 2.42. The van der Waals surface area contributed by atoms with Crippen LogP contribution in [-0.4, -0.2) is 43.1 Å². The quantitative estimate of drug-likeness (QED) is 0.561. The molecule has 31 heavy (non-hydrogen) atoms. The number of halogens is 1. The molecule has 0 unspecified atom stereocenters. The van der Waals surface area contributed by atoms with E-state index in [4.69, 9.17) is 11.6 Å². The zero-order chi connectivity index (χ0) is 22.1. The topological polar surface area (TPSA) is 78.7 Å². The molecule has 2 aromatic rings. The number of nitrogens with zero attached hydrogens (tertiary/aromatic N) is 3. The number of benzene rings is 2. The van der Waals surface area contributed by atoms with Crippen LogP contribution in [0.1, 0.15) is 19.4 Å². The molecule has 2 aromatic carbocycles. The number of hydrogen-bond donors (Lipinski definition) is 1. The largest absolute Gasteiger partial charge is 0.366 e. The molecule has 164 valence electrons. The molecule has 2 aliphatic rings. The van der Waals surface area contributed by atoms with Crippen LogP contribution < -0.4 is 15.1 Å². The van der Waals surface area contributed by atoms with Gasteiger partial charge in [0.05, 0.1) is 27.6 Å². The van der Waals surface area contributed by atoms with E-state index in [1.807, 2.05) is 30.3 Å². The molecule has 1 amide bonds. The number of nitro groups is 1. The summed E-state index contributed by atoms with van der Waals surface area (Å²) in [6.07, 6.45) is 0.485. The highest BCUT2D eigenvalue weighted by atomic mass is 35.5. The van der Waals surface area contributed by atoms with Gasteiger partial charge in [0.25, 0.3) is 5.69 Å². The normalized spacial score (nSPS) is 20.3. The standard InChI is InChI=1S/C23H27ClN4O3/c1-15(2)13-25-23(29)18-12-16-11-17(28(30)31)7-8-20(16)27-10-9-26(14-22(18)27)21-6-4-3-5-19(21)24/h3-8,11,15,18,22H,9-10,12-14H2,1-2H3,(H,25,29)/t18-,22-/m0/s1. The predicted molar refractivity (Wildman–Crippen MR) is 123 cm³/mol. The second-order valence-corrected chi connectivity index (χ2v) is 9.09. The van der Waals surface area contributed by atoms with Crippen LogP contribution in [0.4, 0.5) is 17.1 Å². The Balaban J connectivity index is 1.67. The van der Waals surface area contributed by atoms with Gasteiger partial charge in [-0.15, -0.1) is 0 Å². The molecule has 1 fully saturated rings. The number of anilines is 2. The van der Waals surface area contributed by atoms with Crippen molar-refractivity contribution in [3.05, 3.63) is 63.2 Å². The fraction of sp³-hybridized carbons (Fsp3) is 0.435. The summed E-state index contributed by atoms with van der Waals surface area (Å²) in [5, 5.41) is 15.1. The van der Waals surface area contributed by atoms with Gasteiger partial charge in [-0.25, -0.2) is 0 Å². The molecule has 0 radical (unpaired) electrons. The van der Waals surface area contributed by atoms with Gasteiger partial charge in [0.15, 0.2) is 0 Å². The molecule has 1 N–H and O–H groups in total. The van der Waals surface area contributed by atoms with Crippen LogP contribution in [-0.2, 0) is 11.2 Å². The molecule has 0 saturated carbocycles. The van der Waals surface area contributed by atoms with Gasteiger partial charge in [-0.2, -0.15) is 0 Å². The Labute approximate surface area is 187 Å². The lowest BCUT2D eigenvalue weighted by atomic mass is 9.83. The summed E-state index contributed by atoms with van der Waals surface area (Å²) >= 11 is 6.45. The highest BCUT2D eigenvalue weighted by Crippen LogP contribution is 2.39. The number of nitrogens with one attached hydrogen (secondary N) is 1. The first-order chi connectivity index (χ1) is 14.8. The van der Waals surface area contributed by atoms with Crippen LogP contribution in [0.25, 0.3) is 0 Å². The molecule has 8 heteroatoms. The summed E-state index contributed by atoms with van der Waals surface area (Å²) in [7, 11) is 0. The molecular formula is C23H27ClN4O3. The summed E-state index contributed by atoms with van der Waals surface area (Å²) in [5.74, 6) is 0.0587. The Morgan fingerprint density at radius 2 is 2.00 bits per heavy atom. The minimum absolute atomic E-state index is 0.00173. The monoisotopic (exact) mass is 442 g/mol. The van der Waals surface area contributed by atoms with E-state index < -0.39 is 0 Å². The van der Waals surface area contributed by atoms with Gasteiger partial charge in [-0.3, -0.25) is 14.9 Å². The first-order valence-corrected chi connectivity index (χ1v) is 11.0. The van der Waals surface area contributed by atoms with Crippen molar-refractivity contribution in [2.24, 2.45) is 11.8 Å². The summed E-state index contributed by atoms with van der Waals surface area (Å²) < 4.78 is 0. The van der Waals surface area contributed by atoms with Gasteiger partial charge in [0, 0.05) is 44.0 Å². The summed E-state index contributed by atoms with van der Waals surface area (Å²) in [5.41, 5.74) is 2.89. The maximum atomic E-state index is 13.2. The third-order valence-corrected chi connectivity index (χ3v) is 6.44. The van der Waals surface area contributed by atoms with Crippen molar-refractivity contribution in [3.63, 3.8) is 0 Å². The van der Waals surface area contributed by atoms with E-state index in [1.165, 1.54) is 0 Å². The molecule has 0 bridgehead atoms. The maximum absolute atomic E-state index is 13.2. The van der Waals surface area contributed by atoms with Crippen LogP contribution in [0.3, 0.4) is 0 Å². The first-order valence-electron chi connectivity index (χ1n) is 10.7. The van der Waals surface area contributed by atoms with Gasteiger partial charge in [0.2, 0.25) is 5.91 Å². The van der Waals surface area contributed by atoms with Gasteiger partial charge in [-0.1, -0.05) is 37.6 Å². The van der Waals surface area contributed by atoms with Crippen molar-refractivity contribution in [1.82, 2.24) is 5.32 Å². The Kier molecular flexibility index (Phi) is 6.05. The number of piperazine rings is 1. The number of hydrogen-bond acceptors (Lipinski definition) is 5. The lowest BCUT2D eigenvalue weighted by molar-refractivity contribution is -0.384. The minimum atomic E-state index is -0.379. The van der Waals surface area contributed by atoms with Gasteiger partial charge in [-0.05, 0) is 36.1 Å². The molecule has 2 atom stereocenters. The van der Waals surface area contributed by atoms with Gasteiger partial charge < -0.3 is 15.1 Å². The molecule has 4 rings (SSSR count). The van der Waals surface area contributed by atoms with E-state index in [1.54, 1.807) is 12.1 Å². The van der Waals surface area contributed by atoms with Gasteiger partial charge >= 0.3 is 0 Å². The van der Waals surface area contributed by atoms with Crippen molar-refractivity contribution >= 4 is 34.6 Å². The fourth-order valence-corrected chi connectivity index (χ4v) is 4.84. The second kappa shape index (κ2) is 8.75. The van der Waals surface area contributed by atoms with E-state index in [9.17, 15) is 14.9 Å². The van der Waals surface area contributed by atoms with Crippen LogP contribution in [0.5, 0.6) is 0 Å². The first kappa shape index (κ1) is 21.4. The number of carbonyl (C=O) groups is 1. The SMILES string of the molecule is CC(C)CNC(=O)[C@H]1Cc2cc([N+](=O)[O-])ccc2N2CCN(c3ccccc3Cl)C[C@@H]12. The molecule has 7 nitrogen and oxygen atoms in total. The summed E-state index contributed by atoms with van der Waals surface area (Å²) in [4.78, 5) is 28.6. The van der Waals surface area contributed by atoms with E-state index in [2.05, 4.69) is 29.0 Å². The zero-order valence-electron chi connectivity index (χ0n) is 17.8. The maximum Gasteiger partial charge on any atom is 0.269 e. The van der Waals surface area contributed by atoms with Gasteiger partial charge in [0.1, 0.15) is 0 Å². The average Bonchev–Trinajstić information content (AvgIpc) is 2.76. The number of carbonyl (C=O) groups excluding carboxylic acids is 1. The predicted octanol–water partition coefficient (Wildman–Crippen LogP) is 3.89. The Bertz CT molecular complexity index is 997. The van der Waals surface area contributed by atoms with Crippen molar-refractivity contribution in [2.45, 2.75) is 26.3 Å². The number of non-ortho nitro benzene ring substituents is 1. The Morgan fingerprint density at radius 1 is 1.23 bits per heavy atom. The van der Waals surface area contributed by atoms with E-state index in [0.717, 1.165) is 23.5 Å². The molecule has 0 spiro atoms. The van der Waals surface area contributed by atoms with E-state index >= 15 is 0 Å². The lowest BCUT2D eigenvalue weighted by Crippen LogP contribution is -2.61. The van der Waals surface area contributed by atoms with Crippen LogP contribution in [0.15, 0.2) is 42.5 Å². The van der Waals surface area contributed by atoms with Crippen molar-refractivity contribution in [3.8, 4) is 0 Å². The third kappa shape index (κ3) is 4.32. The molecular weight excluding hydrogens is 416 g/mol. The summed E-state index contributed by atoms with van der Waals surface area (Å²) in [6.45, 7) is 6.88. The Hall–Kier alpha value is -2.80. The van der Waals surface area contributed by atoms with Crippen LogP contribution in [0.2, 0.25) is 5.02 Å². The zero-order valence-corrected chi connectivity index (χ0v) is 18.5. The van der Waals surface area contributed by atoms with Crippen LogP contribution >= 0.6 is 11.6 Å². The molecule has 2 aliphatic heterocycles. The number of fused-ring (bicyclic) bond motifs is 3. The fourth-order valence-electron chi connectivity index (χ4n) is 4.59. The second-order valence-electron chi connectivity index (χ2n) is 8.68. The average molecular weight is 443 g/mol. The van der Waals surface area contributed by atoms with E-state index in [0.29, 0.717) is 37.0 Å². The number of nitro benzene ring substituents is 1. The van der Waals surface area contributed by atoms with Crippen LogP contribution in [0, 0.1) is 22.0 Å². The Morgan fingerprint density at radius 3 is 2.71 bits per heavy atom. The van der Waals surface area contributed by atoms with E-state index in [-0.39, 0.29) is 28.5 Å². The number of rotatable bonds is 5. The highest BCUT2D eigenvalue weighted by molar-refractivity contribution is 6.33. The molecule has 1 saturated heterocycles. The number of amides is 1. The molecule has 0 aliphatic carbocycles. The molecule has 2 heterocycles. The minimum Gasteiger partial charge on any atom is -0.366 e.